The summed E-state index contributed by atoms with van der Waals surface area (Å²) >= 11 is 0. The SMILES string of the molecule is C[C@@H]1C[C@@H](CO)OC1n1ccc(N)nc1=O. The van der Waals surface area contributed by atoms with Crippen LogP contribution in [0.4, 0.5) is 5.82 Å². The average Bonchev–Trinajstić information content (AvgIpc) is 2.60. The number of ether oxygens (including phenoxy) is 1. The first-order valence-corrected chi connectivity index (χ1v) is 5.23. The Bertz CT molecular complexity index is 432. The molecule has 0 saturated carbocycles. The van der Waals surface area contributed by atoms with Crippen LogP contribution in [-0.4, -0.2) is 27.4 Å². The molecule has 2 rings (SSSR count). The number of nitrogen functional groups attached to an aromatic ring is 1. The Hall–Kier alpha value is -1.40. The largest absolute Gasteiger partial charge is 0.394 e. The van der Waals surface area contributed by atoms with Crippen LogP contribution in [-0.2, 0) is 4.74 Å². The topological polar surface area (TPSA) is 90.4 Å². The fourth-order valence-corrected chi connectivity index (χ4v) is 1.99. The average molecular weight is 225 g/mol. The highest BCUT2D eigenvalue weighted by molar-refractivity contribution is 5.23. The van der Waals surface area contributed by atoms with Crippen molar-refractivity contribution >= 4 is 5.82 Å². The third-order valence-corrected chi connectivity index (χ3v) is 2.78. The fourth-order valence-electron chi connectivity index (χ4n) is 1.99. The molecule has 6 heteroatoms. The summed E-state index contributed by atoms with van der Waals surface area (Å²) in [7, 11) is 0. The van der Waals surface area contributed by atoms with Gasteiger partial charge in [-0.25, -0.2) is 4.79 Å². The number of aliphatic hydroxyl groups is 1. The van der Waals surface area contributed by atoms with Gasteiger partial charge in [-0.3, -0.25) is 4.57 Å². The van der Waals surface area contributed by atoms with Gasteiger partial charge in [-0.15, -0.1) is 0 Å². The predicted octanol–water partition coefficient (Wildman–Crippen LogP) is -0.259. The molecule has 6 nitrogen and oxygen atoms in total. The first-order chi connectivity index (χ1) is 7.61. The number of aromatic nitrogens is 2. The fraction of sp³-hybridized carbons (Fsp3) is 0.600. The van der Waals surface area contributed by atoms with Crippen molar-refractivity contribution in [3.05, 3.63) is 22.7 Å². The normalized spacial score (nSPS) is 29.5. The lowest BCUT2D eigenvalue weighted by Crippen LogP contribution is -2.29. The minimum Gasteiger partial charge on any atom is -0.394 e. The van der Waals surface area contributed by atoms with Crippen molar-refractivity contribution in [2.24, 2.45) is 5.92 Å². The zero-order valence-corrected chi connectivity index (χ0v) is 9.04. The van der Waals surface area contributed by atoms with Crippen LogP contribution in [0.5, 0.6) is 0 Å². The molecule has 1 saturated heterocycles. The highest BCUT2D eigenvalue weighted by atomic mass is 16.5. The van der Waals surface area contributed by atoms with Crippen LogP contribution in [0, 0.1) is 5.92 Å². The molecule has 1 aromatic rings. The van der Waals surface area contributed by atoms with Gasteiger partial charge in [-0.1, -0.05) is 6.92 Å². The second-order valence-electron chi connectivity index (χ2n) is 4.09. The molecular weight excluding hydrogens is 210 g/mol. The minimum atomic E-state index is -0.421. The van der Waals surface area contributed by atoms with Crippen molar-refractivity contribution in [3.8, 4) is 0 Å². The Labute approximate surface area is 92.7 Å². The van der Waals surface area contributed by atoms with Crippen LogP contribution in [0.25, 0.3) is 0 Å². The highest BCUT2D eigenvalue weighted by Gasteiger charge is 2.33. The van der Waals surface area contributed by atoms with Gasteiger partial charge < -0.3 is 15.6 Å². The molecule has 1 fully saturated rings. The van der Waals surface area contributed by atoms with Crippen molar-refractivity contribution in [1.82, 2.24) is 9.55 Å². The molecule has 88 valence electrons. The van der Waals surface area contributed by atoms with E-state index in [2.05, 4.69) is 4.98 Å². The summed E-state index contributed by atoms with van der Waals surface area (Å²) in [5, 5.41) is 9.01. The molecular formula is C10H15N3O3. The number of nitrogens with zero attached hydrogens (tertiary/aromatic N) is 2. The van der Waals surface area contributed by atoms with Crippen LogP contribution in [0.2, 0.25) is 0 Å². The lowest BCUT2D eigenvalue weighted by molar-refractivity contribution is -0.0335. The molecule has 1 aromatic heterocycles. The van der Waals surface area contributed by atoms with Gasteiger partial charge in [0.2, 0.25) is 0 Å². The van der Waals surface area contributed by atoms with E-state index in [9.17, 15) is 4.79 Å². The quantitative estimate of drug-likeness (QED) is 0.723. The van der Waals surface area contributed by atoms with Crippen LogP contribution in [0.3, 0.4) is 0 Å². The number of hydrogen-bond donors (Lipinski definition) is 2. The summed E-state index contributed by atoms with van der Waals surface area (Å²) in [5.74, 6) is 0.367. The van der Waals surface area contributed by atoms with Crippen LogP contribution in [0.15, 0.2) is 17.1 Å². The maximum atomic E-state index is 11.6. The van der Waals surface area contributed by atoms with Gasteiger partial charge >= 0.3 is 5.69 Å². The first kappa shape index (κ1) is 11.1. The van der Waals surface area contributed by atoms with Gasteiger partial charge in [-0.05, 0) is 12.5 Å². The molecule has 1 unspecified atom stereocenters. The van der Waals surface area contributed by atoms with Crippen LogP contribution in [0.1, 0.15) is 19.6 Å². The molecule has 16 heavy (non-hydrogen) atoms. The second kappa shape index (κ2) is 4.23. The summed E-state index contributed by atoms with van der Waals surface area (Å²) < 4.78 is 6.98. The summed E-state index contributed by atoms with van der Waals surface area (Å²) in [5.41, 5.74) is 4.99. The van der Waals surface area contributed by atoms with Crippen LogP contribution < -0.4 is 11.4 Å². The zero-order chi connectivity index (χ0) is 11.7. The predicted molar refractivity (Wildman–Crippen MR) is 57.7 cm³/mol. The van der Waals surface area contributed by atoms with Gasteiger partial charge in [0, 0.05) is 12.1 Å². The molecule has 3 atom stereocenters. The Morgan fingerprint density at radius 3 is 3.06 bits per heavy atom. The van der Waals surface area contributed by atoms with E-state index < -0.39 is 5.69 Å². The molecule has 0 amide bonds. The molecule has 0 aromatic carbocycles. The molecule has 3 N–H and O–H groups in total. The molecule has 1 aliphatic heterocycles. The van der Waals surface area contributed by atoms with Crippen LogP contribution >= 0.6 is 0 Å². The van der Waals surface area contributed by atoms with Crippen molar-refractivity contribution in [2.75, 3.05) is 12.3 Å². The Morgan fingerprint density at radius 2 is 2.50 bits per heavy atom. The zero-order valence-electron chi connectivity index (χ0n) is 9.04. The lowest BCUT2D eigenvalue weighted by Gasteiger charge is -2.17. The van der Waals surface area contributed by atoms with E-state index in [1.165, 1.54) is 4.57 Å². The number of anilines is 1. The molecule has 0 spiro atoms. The van der Waals surface area contributed by atoms with Gasteiger partial charge in [0.15, 0.2) is 0 Å². The van der Waals surface area contributed by atoms with Gasteiger partial charge in [-0.2, -0.15) is 4.98 Å². The molecule has 2 heterocycles. The number of rotatable bonds is 2. The van der Waals surface area contributed by atoms with Crippen molar-refractivity contribution in [3.63, 3.8) is 0 Å². The van der Waals surface area contributed by atoms with Gasteiger partial charge in [0.25, 0.3) is 0 Å². The monoisotopic (exact) mass is 225 g/mol. The molecule has 0 radical (unpaired) electrons. The smallest absolute Gasteiger partial charge is 0.351 e. The Balaban J connectivity index is 2.28. The van der Waals surface area contributed by atoms with Gasteiger partial charge in [0.05, 0.1) is 12.7 Å². The molecule has 0 bridgehead atoms. The number of hydrogen-bond acceptors (Lipinski definition) is 5. The standard InChI is InChI=1S/C10H15N3O3/c1-6-4-7(5-14)16-9(6)13-3-2-8(11)12-10(13)15/h2-3,6-7,9,14H,4-5H2,1H3,(H2,11,12,15)/t6-,7+,9?/m1/s1. The highest BCUT2D eigenvalue weighted by Crippen LogP contribution is 2.32. The van der Waals surface area contributed by atoms with Crippen molar-refractivity contribution in [1.29, 1.82) is 0 Å². The van der Waals surface area contributed by atoms with Crippen molar-refractivity contribution < 1.29 is 9.84 Å². The summed E-state index contributed by atoms with van der Waals surface area (Å²) in [6.07, 6.45) is 1.74. The van der Waals surface area contributed by atoms with E-state index in [0.29, 0.717) is 0 Å². The third kappa shape index (κ3) is 1.94. The van der Waals surface area contributed by atoms with E-state index >= 15 is 0 Å². The van der Waals surface area contributed by atoms with E-state index in [4.69, 9.17) is 15.6 Å². The second-order valence-corrected chi connectivity index (χ2v) is 4.09. The third-order valence-electron chi connectivity index (χ3n) is 2.78. The van der Waals surface area contributed by atoms with Crippen molar-refractivity contribution in [2.45, 2.75) is 25.7 Å². The maximum absolute atomic E-state index is 11.6. The van der Waals surface area contributed by atoms with E-state index in [0.717, 1.165) is 6.42 Å². The molecule has 0 aliphatic carbocycles. The lowest BCUT2D eigenvalue weighted by atomic mass is 10.1. The summed E-state index contributed by atoms with van der Waals surface area (Å²) in [4.78, 5) is 15.2. The number of aliphatic hydroxyl groups excluding tert-OH is 1. The maximum Gasteiger partial charge on any atom is 0.351 e. The summed E-state index contributed by atoms with van der Waals surface area (Å²) in [6.45, 7) is 1.95. The van der Waals surface area contributed by atoms with E-state index in [1.807, 2.05) is 6.92 Å². The first-order valence-electron chi connectivity index (χ1n) is 5.23. The van der Waals surface area contributed by atoms with E-state index in [1.54, 1.807) is 12.3 Å². The van der Waals surface area contributed by atoms with E-state index in [-0.39, 0.29) is 30.7 Å². The number of nitrogens with two attached hydrogens (primary N) is 1. The minimum absolute atomic E-state index is 0.0298. The van der Waals surface area contributed by atoms with Gasteiger partial charge in [0.1, 0.15) is 12.0 Å². The summed E-state index contributed by atoms with van der Waals surface area (Å²) in [6, 6.07) is 1.56. The Kier molecular flexibility index (Phi) is 2.93. The molecule has 1 aliphatic rings. The Morgan fingerprint density at radius 1 is 1.75 bits per heavy atom.